The van der Waals surface area contributed by atoms with Gasteiger partial charge in [-0.3, -0.25) is 9.78 Å². The maximum Gasteiger partial charge on any atom is 0.294 e. The Labute approximate surface area is 96.8 Å². The number of hydrogen-bond donors (Lipinski definition) is 0. The van der Waals surface area contributed by atoms with Crippen LogP contribution in [0.25, 0.3) is 0 Å². The van der Waals surface area contributed by atoms with Gasteiger partial charge in [-0.05, 0) is 12.1 Å². The van der Waals surface area contributed by atoms with Gasteiger partial charge in [-0.1, -0.05) is 6.07 Å². The highest BCUT2D eigenvalue weighted by Gasteiger charge is 2.17. The Hall–Kier alpha value is -2.01. The summed E-state index contributed by atoms with van der Waals surface area (Å²) in [5.74, 6) is -0.117. The molecule has 0 aliphatic rings. The zero-order valence-corrected chi connectivity index (χ0v) is 8.87. The summed E-state index contributed by atoms with van der Waals surface area (Å²) in [5.41, 5.74) is 0.170. The molecular formula is C10H7ClN4O. The molecule has 5 nitrogen and oxygen atoms in total. The summed E-state index contributed by atoms with van der Waals surface area (Å²) in [5, 5.41) is 0. The Morgan fingerprint density at radius 1 is 1.19 bits per heavy atom. The van der Waals surface area contributed by atoms with Crippen LogP contribution < -0.4 is 4.42 Å². The van der Waals surface area contributed by atoms with E-state index in [4.69, 9.17) is 11.8 Å². The largest absolute Gasteiger partial charge is 0.294 e. The number of anilines is 1. The van der Waals surface area contributed by atoms with Crippen molar-refractivity contribution in [1.82, 2.24) is 15.0 Å². The summed E-state index contributed by atoms with van der Waals surface area (Å²) >= 11 is 5.84. The van der Waals surface area contributed by atoms with Crippen molar-refractivity contribution >= 4 is 23.5 Å². The van der Waals surface area contributed by atoms with E-state index in [1.807, 2.05) is 0 Å². The molecule has 0 N–H and O–H groups in total. The van der Waals surface area contributed by atoms with Crippen molar-refractivity contribution in [2.45, 2.75) is 0 Å². The topological polar surface area (TPSA) is 59.0 Å². The molecule has 0 aliphatic heterocycles. The Kier molecular flexibility index (Phi) is 3.07. The van der Waals surface area contributed by atoms with Gasteiger partial charge in [0, 0.05) is 30.4 Å². The van der Waals surface area contributed by atoms with Gasteiger partial charge in [0.2, 0.25) is 0 Å². The van der Waals surface area contributed by atoms with E-state index in [0.717, 1.165) is 4.42 Å². The zero-order valence-electron chi connectivity index (χ0n) is 8.12. The number of rotatable bonds is 2. The summed E-state index contributed by atoms with van der Waals surface area (Å²) in [6.07, 6.45) is 5.81. The van der Waals surface area contributed by atoms with Crippen LogP contribution in [0.15, 0.2) is 43.0 Å². The van der Waals surface area contributed by atoms with Gasteiger partial charge in [0.05, 0.1) is 6.20 Å². The lowest BCUT2D eigenvalue weighted by Crippen LogP contribution is -2.22. The highest BCUT2D eigenvalue weighted by molar-refractivity contribution is 6.38. The maximum atomic E-state index is 11.8. The predicted octanol–water partition coefficient (Wildman–Crippen LogP) is 1.67. The minimum Gasteiger partial charge on any atom is -0.265 e. The predicted molar refractivity (Wildman–Crippen MR) is 58.9 cm³/mol. The van der Waals surface area contributed by atoms with E-state index in [2.05, 4.69) is 15.0 Å². The van der Waals surface area contributed by atoms with Gasteiger partial charge in [0.1, 0.15) is 5.69 Å². The van der Waals surface area contributed by atoms with Gasteiger partial charge < -0.3 is 0 Å². The lowest BCUT2D eigenvalue weighted by Gasteiger charge is -2.11. The zero-order chi connectivity index (χ0) is 11.4. The van der Waals surface area contributed by atoms with Crippen LogP contribution in [0, 0.1) is 0 Å². The third-order valence-electron chi connectivity index (χ3n) is 1.81. The van der Waals surface area contributed by atoms with Crippen LogP contribution in [0.4, 0.5) is 5.82 Å². The SMILES string of the molecule is O=C(c1cnccn1)N(Cl)c1ccccn1. The summed E-state index contributed by atoms with van der Waals surface area (Å²) in [7, 11) is 0. The van der Waals surface area contributed by atoms with Crippen LogP contribution in [-0.4, -0.2) is 20.9 Å². The third kappa shape index (κ3) is 2.14. The number of carbonyl (C=O) groups is 1. The molecule has 6 heteroatoms. The molecule has 0 saturated heterocycles. The van der Waals surface area contributed by atoms with Gasteiger partial charge in [-0.25, -0.2) is 9.97 Å². The number of aromatic nitrogens is 3. The average Bonchev–Trinajstić information content (AvgIpc) is 2.39. The van der Waals surface area contributed by atoms with Crippen LogP contribution in [0.1, 0.15) is 10.5 Å². The molecule has 16 heavy (non-hydrogen) atoms. The van der Waals surface area contributed by atoms with Crippen LogP contribution in [0.5, 0.6) is 0 Å². The van der Waals surface area contributed by atoms with E-state index in [9.17, 15) is 4.79 Å². The molecule has 80 valence electrons. The molecule has 2 heterocycles. The number of carbonyl (C=O) groups excluding carboxylic acids is 1. The first-order valence-corrected chi connectivity index (χ1v) is 4.80. The van der Waals surface area contributed by atoms with Crippen molar-refractivity contribution in [3.8, 4) is 0 Å². The fourth-order valence-electron chi connectivity index (χ4n) is 1.08. The first kappa shape index (κ1) is 10.5. The van der Waals surface area contributed by atoms with Crippen LogP contribution in [0.2, 0.25) is 0 Å². The molecule has 0 bridgehead atoms. The van der Waals surface area contributed by atoms with Crippen molar-refractivity contribution in [2.75, 3.05) is 4.42 Å². The molecule has 0 fully saturated rings. The molecule has 0 spiro atoms. The molecular weight excluding hydrogens is 228 g/mol. The lowest BCUT2D eigenvalue weighted by molar-refractivity contribution is 0.1000. The Morgan fingerprint density at radius 3 is 2.69 bits per heavy atom. The maximum absolute atomic E-state index is 11.8. The Morgan fingerprint density at radius 2 is 2.06 bits per heavy atom. The first-order valence-electron chi connectivity index (χ1n) is 4.46. The van der Waals surface area contributed by atoms with Crippen molar-refractivity contribution in [3.05, 3.63) is 48.7 Å². The van der Waals surface area contributed by atoms with Crippen molar-refractivity contribution in [2.24, 2.45) is 0 Å². The highest BCUT2D eigenvalue weighted by Crippen LogP contribution is 2.14. The minimum atomic E-state index is -0.464. The summed E-state index contributed by atoms with van der Waals surface area (Å²) in [4.78, 5) is 23.4. The summed E-state index contributed by atoms with van der Waals surface area (Å²) < 4.78 is 0.907. The lowest BCUT2D eigenvalue weighted by atomic mass is 10.4. The molecule has 0 aliphatic carbocycles. The molecule has 0 unspecified atom stereocenters. The van der Waals surface area contributed by atoms with E-state index in [1.165, 1.54) is 18.6 Å². The molecule has 0 radical (unpaired) electrons. The standard InChI is InChI=1S/C10H7ClN4O/c11-15(9-3-1-2-4-14-9)10(16)8-7-12-5-6-13-8/h1-7H. The second-order valence-electron chi connectivity index (χ2n) is 2.86. The second kappa shape index (κ2) is 4.67. The molecule has 1 amide bonds. The number of halogens is 1. The number of hydrogen-bond acceptors (Lipinski definition) is 4. The Bertz CT molecular complexity index is 477. The molecule has 2 aromatic heterocycles. The number of pyridine rings is 1. The van der Waals surface area contributed by atoms with Crippen molar-refractivity contribution < 1.29 is 4.79 Å². The van der Waals surface area contributed by atoms with Crippen LogP contribution >= 0.6 is 11.8 Å². The van der Waals surface area contributed by atoms with Gasteiger partial charge >= 0.3 is 0 Å². The normalized spacial score (nSPS) is 9.81. The first-order chi connectivity index (χ1) is 7.79. The minimum absolute atomic E-state index is 0.170. The van der Waals surface area contributed by atoms with Gasteiger partial charge in [0.25, 0.3) is 5.91 Å². The van der Waals surface area contributed by atoms with Gasteiger partial charge in [-0.2, -0.15) is 4.42 Å². The monoisotopic (exact) mass is 234 g/mol. The van der Waals surface area contributed by atoms with E-state index in [-0.39, 0.29) is 5.69 Å². The van der Waals surface area contributed by atoms with Crippen LogP contribution in [-0.2, 0) is 0 Å². The fourth-order valence-corrected chi connectivity index (χ4v) is 1.27. The van der Waals surface area contributed by atoms with Crippen molar-refractivity contribution in [1.29, 1.82) is 0 Å². The third-order valence-corrected chi connectivity index (χ3v) is 2.14. The van der Waals surface area contributed by atoms with Gasteiger partial charge in [-0.15, -0.1) is 0 Å². The molecule has 2 rings (SSSR count). The smallest absolute Gasteiger partial charge is 0.265 e. The number of amides is 1. The summed E-state index contributed by atoms with van der Waals surface area (Å²) in [6, 6.07) is 5.10. The summed E-state index contributed by atoms with van der Waals surface area (Å²) in [6.45, 7) is 0. The van der Waals surface area contributed by atoms with Crippen LogP contribution in [0.3, 0.4) is 0 Å². The van der Waals surface area contributed by atoms with Crippen molar-refractivity contribution in [3.63, 3.8) is 0 Å². The van der Waals surface area contributed by atoms with E-state index >= 15 is 0 Å². The highest BCUT2D eigenvalue weighted by atomic mass is 35.5. The fraction of sp³-hybridized carbons (Fsp3) is 0. The molecule has 2 aromatic rings. The average molecular weight is 235 g/mol. The quantitative estimate of drug-likeness (QED) is 0.742. The van der Waals surface area contributed by atoms with E-state index in [0.29, 0.717) is 5.82 Å². The van der Waals surface area contributed by atoms with E-state index < -0.39 is 5.91 Å². The second-order valence-corrected chi connectivity index (χ2v) is 3.20. The van der Waals surface area contributed by atoms with E-state index in [1.54, 1.807) is 24.4 Å². The number of nitrogens with zero attached hydrogens (tertiary/aromatic N) is 4. The molecule has 0 aromatic carbocycles. The van der Waals surface area contributed by atoms with Gasteiger partial charge in [0.15, 0.2) is 5.82 Å². The molecule has 0 saturated carbocycles. The molecule has 0 atom stereocenters. The Balaban J connectivity index is 2.24.